The van der Waals surface area contributed by atoms with E-state index in [1.54, 1.807) is 0 Å². The minimum absolute atomic E-state index is 0.262. The molecule has 3 rings (SSSR count). The molecule has 86 valence electrons. The molecule has 2 N–H and O–H groups in total. The van der Waals surface area contributed by atoms with Crippen LogP contribution in [0.3, 0.4) is 0 Å². The Balaban J connectivity index is 1.64. The van der Waals surface area contributed by atoms with Gasteiger partial charge in [0.15, 0.2) is 0 Å². The summed E-state index contributed by atoms with van der Waals surface area (Å²) in [5.74, 6) is 0.582. The SMILES string of the molecule is NC(Cc1ccccc1)C1CC2CCC1O2. The molecular formula is C14H19NO. The fourth-order valence-electron chi connectivity index (χ4n) is 3.17. The van der Waals surface area contributed by atoms with Crippen molar-refractivity contribution < 1.29 is 4.74 Å². The summed E-state index contributed by atoms with van der Waals surface area (Å²) in [6, 6.07) is 10.8. The van der Waals surface area contributed by atoms with Gasteiger partial charge in [-0.15, -0.1) is 0 Å². The number of benzene rings is 1. The molecule has 1 aromatic carbocycles. The molecule has 0 radical (unpaired) electrons. The van der Waals surface area contributed by atoms with Crippen LogP contribution < -0.4 is 5.73 Å². The van der Waals surface area contributed by atoms with Gasteiger partial charge in [-0.1, -0.05) is 30.3 Å². The minimum Gasteiger partial charge on any atom is -0.375 e. The van der Waals surface area contributed by atoms with E-state index in [1.807, 2.05) is 0 Å². The van der Waals surface area contributed by atoms with Gasteiger partial charge < -0.3 is 10.5 Å². The monoisotopic (exact) mass is 217 g/mol. The van der Waals surface area contributed by atoms with Crippen molar-refractivity contribution in [2.45, 2.75) is 43.9 Å². The fraction of sp³-hybridized carbons (Fsp3) is 0.571. The summed E-state index contributed by atoms with van der Waals surface area (Å²) >= 11 is 0. The van der Waals surface area contributed by atoms with Gasteiger partial charge in [-0.05, 0) is 31.2 Å². The van der Waals surface area contributed by atoms with Gasteiger partial charge in [-0.2, -0.15) is 0 Å². The van der Waals surface area contributed by atoms with E-state index in [9.17, 15) is 0 Å². The summed E-state index contributed by atoms with van der Waals surface area (Å²) < 4.78 is 5.86. The molecule has 2 aliphatic heterocycles. The second kappa shape index (κ2) is 4.19. The molecule has 2 fully saturated rings. The lowest BCUT2D eigenvalue weighted by molar-refractivity contribution is 0.0885. The lowest BCUT2D eigenvalue weighted by Crippen LogP contribution is -2.37. The van der Waals surface area contributed by atoms with Crippen molar-refractivity contribution in [2.75, 3.05) is 0 Å². The highest BCUT2D eigenvalue weighted by atomic mass is 16.5. The third-order valence-electron chi connectivity index (χ3n) is 4.02. The molecule has 0 aromatic heterocycles. The molecule has 4 unspecified atom stereocenters. The Morgan fingerprint density at radius 1 is 1.25 bits per heavy atom. The minimum atomic E-state index is 0.262. The standard InChI is InChI=1S/C14H19NO/c15-13(8-10-4-2-1-3-5-10)12-9-11-6-7-14(12)16-11/h1-5,11-14H,6-9,15H2. The highest BCUT2D eigenvalue weighted by molar-refractivity contribution is 5.16. The summed E-state index contributed by atoms with van der Waals surface area (Å²) in [6.07, 6.45) is 5.59. The molecule has 2 bridgehead atoms. The van der Waals surface area contributed by atoms with Crippen LogP contribution in [0.1, 0.15) is 24.8 Å². The van der Waals surface area contributed by atoms with E-state index in [1.165, 1.54) is 24.8 Å². The fourth-order valence-corrected chi connectivity index (χ4v) is 3.17. The molecule has 0 amide bonds. The maximum atomic E-state index is 6.32. The smallest absolute Gasteiger partial charge is 0.0623 e. The predicted octanol–water partition coefficient (Wildman–Crippen LogP) is 2.12. The molecule has 1 aromatic rings. The molecule has 16 heavy (non-hydrogen) atoms. The first-order valence-corrected chi connectivity index (χ1v) is 6.28. The van der Waals surface area contributed by atoms with Gasteiger partial charge in [0.1, 0.15) is 0 Å². The van der Waals surface area contributed by atoms with Crippen molar-refractivity contribution in [3.63, 3.8) is 0 Å². The number of ether oxygens (including phenoxy) is 1. The van der Waals surface area contributed by atoms with Crippen molar-refractivity contribution in [1.29, 1.82) is 0 Å². The van der Waals surface area contributed by atoms with Crippen LogP contribution in [0.4, 0.5) is 0 Å². The molecule has 0 spiro atoms. The number of nitrogens with two attached hydrogens (primary N) is 1. The Morgan fingerprint density at radius 3 is 2.69 bits per heavy atom. The maximum absolute atomic E-state index is 6.32. The number of hydrogen-bond donors (Lipinski definition) is 1. The van der Waals surface area contributed by atoms with E-state index in [4.69, 9.17) is 10.5 Å². The van der Waals surface area contributed by atoms with Crippen LogP contribution in [-0.4, -0.2) is 18.2 Å². The Morgan fingerprint density at radius 2 is 2.06 bits per heavy atom. The van der Waals surface area contributed by atoms with Crippen molar-refractivity contribution in [3.05, 3.63) is 35.9 Å². The van der Waals surface area contributed by atoms with E-state index in [2.05, 4.69) is 30.3 Å². The Kier molecular flexibility index (Phi) is 2.70. The summed E-state index contributed by atoms with van der Waals surface area (Å²) in [5.41, 5.74) is 7.66. The summed E-state index contributed by atoms with van der Waals surface area (Å²) in [4.78, 5) is 0. The second-order valence-electron chi connectivity index (χ2n) is 5.13. The van der Waals surface area contributed by atoms with Crippen molar-refractivity contribution >= 4 is 0 Å². The zero-order valence-electron chi connectivity index (χ0n) is 9.51. The third-order valence-corrected chi connectivity index (χ3v) is 4.02. The van der Waals surface area contributed by atoms with Crippen LogP contribution >= 0.6 is 0 Å². The molecule has 0 aliphatic carbocycles. The van der Waals surface area contributed by atoms with Gasteiger partial charge in [-0.25, -0.2) is 0 Å². The first-order valence-electron chi connectivity index (χ1n) is 6.28. The summed E-state index contributed by atoms with van der Waals surface area (Å²) in [7, 11) is 0. The van der Waals surface area contributed by atoms with Crippen molar-refractivity contribution in [2.24, 2.45) is 11.7 Å². The van der Waals surface area contributed by atoms with Crippen LogP contribution in [-0.2, 0) is 11.2 Å². The van der Waals surface area contributed by atoms with E-state index in [0.29, 0.717) is 18.1 Å². The van der Waals surface area contributed by atoms with E-state index < -0.39 is 0 Å². The molecule has 4 atom stereocenters. The molecule has 2 nitrogen and oxygen atoms in total. The summed E-state index contributed by atoms with van der Waals surface area (Å²) in [5, 5.41) is 0. The van der Waals surface area contributed by atoms with Gasteiger partial charge in [-0.3, -0.25) is 0 Å². The zero-order valence-corrected chi connectivity index (χ0v) is 9.51. The topological polar surface area (TPSA) is 35.2 Å². The lowest BCUT2D eigenvalue weighted by atomic mass is 9.82. The molecular weight excluding hydrogens is 198 g/mol. The molecule has 2 saturated heterocycles. The Bertz CT molecular complexity index is 351. The molecule has 2 aliphatic rings. The average Bonchev–Trinajstić information content (AvgIpc) is 2.92. The van der Waals surface area contributed by atoms with Crippen LogP contribution in [0.2, 0.25) is 0 Å². The van der Waals surface area contributed by atoms with Crippen LogP contribution in [0, 0.1) is 5.92 Å². The number of hydrogen-bond acceptors (Lipinski definition) is 2. The molecule has 2 heterocycles. The highest BCUT2D eigenvalue weighted by Gasteiger charge is 2.43. The molecule has 0 saturated carbocycles. The van der Waals surface area contributed by atoms with Crippen LogP contribution in [0.5, 0.6) is 0 Å². The Hall–Kier alpha value is -0.860. The first-order chi connectivity index (χ1) is 7.83. The largest absolute Gasteiger partial charge is 0.375 e. The quantitative estimate of drug-likeness (QED) is 0.841. The average molecular weight is 217 g/mol. The highest BCUT2D eigenvalue weighted by Crippen LogP contribution is 2.40. The van der Waals surface area contributed by atoms with Crippen molar-refractivity contribution in [3.8, 4) is 0 Å². The maximum Gasteiger partial charge on any atom is 0.0623 e. The second-order valence-corrected chi connectivity index (χ2v) is 5.13. The van der Waals surface area contributed by atoms with Crippen molar-refractivity contribution in [1.82, 2.24) is 0 Å². The lowest BCUT2D eigenvalue weighted by Gasteiger charge is -2.25. The van der Waals surface area contributed by atoms with E-state index in [0.717, 1.165) is 6.42 Å². The predicted molar refractivity (Wildman–Crippen MR) is 64.1 cm³/mol. The number of fused-ring (bicyclic) bond motifs is 2. The van der Waals surface area contributed by atoms with E-state index in [-0.39, 0.29) is 6.04 Å². The van der Waals surface area contributed by atoms with Crippen LogP contribution in [0.25, 0.3) is 0 Å². The van der Waals surface area contributed by atoms with Crippen LogP contribution in [0.15, 0.2) is 30.3 Å². The van der Waals surface area contributed by atoms with Gasteiger partial charge in [0.2, 0.25) is 0 Å². The zero-order chi connectivity index (χ0) is 11.0. The van der Waals surface area contributed by atoms with Gasteiger partial charge in [0.25, 0.3) is 0 Å². The van der Waals surface area contributed by atoms with Gasteiger partial charge in [0, 0.05) is 12.0 Å². The number of rotatable bonds is 3. The van der Waals surface area contributed by atoms with E-state index >= 15 is 0 Å². The third kappa shape index (κ3) is 1.87. The summed E-state index contributed by atoms with van der Waals surface area (Å²) in [6.45, 7) is 0. The Labute approximate surface area is 96.8 Å². The first kappa shape index (κ1) is 10.3. The van der Waals surface area contributed by atoms with Gasteiger partial charge in [0.05, 0.1) is 12.2 Å². The van der Waals surface area contributed by atoms with Gasteiger partial charge >= 0.3 is 0 Å². The molecule has 2 heteroatoms. The normalized spacial score (nSPS) is 34.2.